The number of amides is 2. The molecule has 2 N–H and O–H groups in total. The van der Waals surface area contributed by atoms with E-state index in [4.69, 9.17) is 0 Å². The third kappa shape index (κ3) is 5.88. The number of aryl methyl sites for hydroxylation is 1. The van der Waals surface area contributed by atoms with E-state index in [0.717, 1.165) is 13.1 Å². The molecule has 1 aliphatic heterocycles. The average molecular weight is 383 g/mol. The van der Waals surface area contributed by atoms with Crippen molar-refractivity contribution in [3.63, 3.8) is 0 Å². The van der Waals surface area contributed by atoms with Crippen molar-refractivity contribution in [3.8, 4) is 0 Å². The lowest BCUT2D eigenvalue weighted by atomic mass is 10.1. The minimum Gasteiger partial charge on any atom is -0.370 e. The van der Waals surface area contributed by atoms with Crippen LogP contribution in [0.5, 0.6) is 0 Å². The summed E-state index contributed by atoms with van der Waals surface area (Å²) in [6, 6.07) is 8.05. The predicted octanol–water partition coefficient (Wildman–Crippen LogP) is 1.54. The van der Waals surface area contributed by atoms with Gasteiger partial charge in [-0.2, -0.15) is 0 Å². The highest BCUT2D eigenvalue weighted by molar-refractivity contribution is 7.88. The van der Waals surface area contributed by atoms with Crippen LogP contribution in [-0.4, -0.2) is 63.8 Å². The number of para-hydroxylation sites is 1. The van der Waals surface area contributed by atoms with E-state index in [-0.39, 0.29) is 12.1 Å². The highest BCUT2D eigenvalue weighted by Gasteiger charge is 2.25. The van der Waals surface area contributed by atoms with Gasteiger partial charge in [0.2, 0.25) is 10.0 Å². The summed E-state index contributed by atoms with van der Waals surface area (Å²) in [5.74, 6) is 0. The van der Waals surface area contributed by atoms with Gasteiger partial charge >= 0.3 is 6.03 Å². The molecule has 0 aliphatic carbocycles. The lowest BCUT2D eigenvalue weighted by Crippen LogP contribution is -2.49. The second kappa shape index (κ2) is 9.23. The van der Waals surface area contributed by atoms with Gasteiger partial charge in [-0.05, 0) is 38.3 Å². The summed E-state index contributed by atoms with van der Waals surface area (Å²) < 4.78 is 24.5. The molecular weight excluding hydrogens is 352 g/mol. The summed E-state index contributed by atoms with van der Waals surface area (Å²) in [6.45, 7) is 7.26. The Kier molecular flexibility index (Phi) is 7.28. The fourth-order valence-corrected chi connectivity index (χ4v) is 4.11. The Morgan fingerprint density at radius 1 is 1.27 bits per heavy atom. The van der Waals surface area contributed by atoms with Crippen molar-refractivity contribution in [2.24, 2.45) is 0 Å². The molecule has 146 valence electrons. The van der Waals surface area contributed by atoms with Crippen LogP contribution in [0.4, 0.5) is 10.5 Å². The van der Waals surface area contributed by atoms with Crippen molar-refractivity contribution in [3.05, 3.63) is 29.8 Å². The molecule has 8 heteroatoms. The van der Waals surface area contributed by atoms with Crippen LogP contribution in [-0.2, 0) is 10.0 Å². The average Bonchev–Trinajstić information content (AvgIpc) is 2.59. The standard InChI is InChI=1S/C18H30N4O3S/c1-4-21(17-8-6-5-7-15(17)2)14-11-19-18(23)20-16-9-12-22(13-10-16)26(3,24)25/h5-8,16H,4,9-14H2,1-3H3,(H2,19,20,23). The van der Waals surface area contributed by atoms with Gasteiger partial charge in [-0.15, -0.1) is 0 Å². The molecular formula is C18H30N4O3S. The first kappa shape index (κ1) is 20.5. The van der Waals surface area contributed by atoms with Gasteiger partial charge in [0.05, 0.1) is 6.26 Å². The summed E-state index contributed by atoms with van der Waals surface area (Å²) >= 11 is 0. The van der Waals surface area contributed by atoms with E-state index in [9.17, 15) is 13.2 Å². The summed E-state index contributed by atoms with van der Waals surface area (Å²) in [7, 11) is -3.13. The lowest BCUT2D eigenvalue weighted by molar-refractivity contribution is 0.228. The summed E-state index contributed by atoms with van der Waals surface area (Å²) in [6.07, 6.45) is 2.51. The van der Waals surface area contributed by atoms with Crippen molar-refractivity contribution in [2.75, 3.05) is 43.9 Å². The number of benzene rings is 1. The maximum absolute atomic E-state index is 12.1. The minimum atomic E-state index is -3.13. The normalized spacial score (nSPS) is 16.3. The van der Waals surface area contributed by atoms with Crippen LogP contribution >= 0.6 is 0 Å². The zero-order chi connectivity index (χ0) is 19.2. The second-order valence-corrected chi connectivity index (χ2v) is 8.69. The van der Waals surface area contributed by atoms with E-state index in [2.05, 4.69) is 41.5 Å². The number of anilines is 1. The molecule has 0 spiro atoms. The molecule has 0 radical (unpaired) electrons. The molecule has 0 saturated carbocycles. The zero-order valence-corrected chi connectivity index (χ0v) is 16.7. The van der Waals surface area contributed by atoms with Crippen LogP contribution in [0.15, 0.2) is 24.3 Å². The highest BCUT2D eigenvalue weighted by atomic mass is 32.2. The SMILES string of the molecule is CCN(CCNC(=O)NC1CCN(S(C)(=O)=O)CC1)c1ccccc1C. The van der Waals surface area contributed by atoms with E-state index in [1.807, 2.05) is 12.1 Å². The van der Waals surface area contributed by atoms with Crippen LogP contribution < -0.4 is 15.5 Å². The Morgan fingerprint density at radius 2 is 1.92 bits per heavy atom. The molecule has 0 atom stereocenters. The van der Waals surface area contributed by atoms with E-state index in [0.29, 0.717) is 32.5 Å². The van der Waals surface area contributed by atoms with Gasteiger partial charge in [-0.3, -0.25) is 0 Å². The van der Waals surface area contributed by atoms with Gasteiger partial charge in [0, 0.05) is 44.5 Å². The molecule has 1 fully saturated rings. The Labute approximate surface area is 156 Å². The van der Waals surface area contributed by atoms with Crippen LogP contribution in [0.2, 0.25) is 0 Å². The van der Waals surface area contributed by atoms with Gasteiger partial charge in [0.15, 0.2) is 0 Å². The summed E-state index contributed by atoms with van der Waals surface area (Å²) in [5, 5.41) is 5.85. The van der Waals surface area contributed by atoms with E-state index in [1.165, 1.54) is 21.8 Å². The first-order valence-corrected chi connectivity index (χ1v) is 11.0. The smallest absolute Gasteiger partial charge is 0.315 e. The fraction of sp³-hybridized carbons (Fsp3) is 0.611. The number of sulfonamides is 1. The first-order valence-electron chi connectivity index (χ1n) is 9.11. The molecule has 26 heavy (non-hydrogen) atoms. The molecule has 0 unspecified atom stereocenters. The topological polar surface area (TPSA) is 81.8 Å². The number of carbonyl (C=O) groups excluding carboxylic acids is 1. The third-order valence-corrected chi connectivity index (χ3v) is 6.07. The summed E-state index contributed by atoms with van der Waals surface area (Å²) in [5.41, 5.74) is 2.40. The molecule has 1 heterocycles. The number of nitrogens with one attached hydrogen (secondary N) is 2. The summed E-state index contributed by atoms with van der Waals surface area (Å²) in [4.78, 5) is 14.3. The minimum absolute atomic E-state index is 0.0200. The molecule has 1 saturated heterocycles. The van der Waals surface area contributed by atoms with Crippen LogP contribution in [0.3, 0.4) is 0 Å². The molecule has 2 rings (SSSR count). The number of hydrogen-bond acceptors (Lipinski definition) is 4. The van der Waals surface area contributed by atoms with Gasteiger partial charge < -0.3 is 15.5 Å². The van der Waals surface area contributed by atoms with Gasteiger partial charge in [0.25, 0.3) is 0 Å². The van der Waals surface area contributed by atoms with E-state index >= 15 is 0 Å². The van der Waals surface area contributed by atoms with E-state index in [1.54, 1.807) is 0 Å². The maximum atomic E-state index is 12.1. The number of nitrogens with zero attached hydrogens (tertiary/aromatic N) is 2. The fourth-order valence-electron chi connectivity index (χ4n) is 3.24. The van der Waals surface area contributed by atoms with Crippen molar-refractivity contribution in [2.45, 2.75) is 32.7 Å². The van der Waals surface area contributed by atoms with E-state index < -0.39 is 10.0 Å². The Morgan fingerprint density at radius 3 is 2.50 bits per heavy atom. The predicted molar refractivity (Wildman–Crippen MR) is 105 cm³/mol. The number of piperidine rings is 1. The molecule has 7 nitrogen and oxygen atoms in total. The molecule has 1 aliphatic rings. The van der Waals surface area contributed by atoms with Crippen molar-refractivity contribution in [1.82, 2.24) is 14.9 Å². The highest BCUT2D eigenvalue weighted by Crippen LogP contribution is 2.18. The molecule has 0 bridgehead atoms. The number of carbonyl (C=O) groups is 1. The Bertz CT molecular complexity index is 700. The van der Waals surface area contributed by atoms with Crippen molar-refractivity contribution in [1.29, 1.82) is 0 Å². The van der Waals surface area contributed by atoms with Crippen LogP contribution in [0, 0.1) is 6.92 Å². The lowest BCUT2D eigenvalue weighted by Gasteiger charge is -2.30. The van der Waals surface area contributed by atoms with Gasteiger partial charge in [-0.25, -0.2) is 17.5 Å². The quantitative estimate of drug-likeness (QED) is 0.750. The number of rotatable bonds is 7. The van der Waals surface area contributed by atoms with Gasteiger partial charge in [-0.1, -0.05) is 18.2 Å². The maximum Gasteiger partial charge on any atom is 0.315 e. The van der Waals surface area contributed by atoms with Crippen molar-refractivity contribution < 1.29 is 13.2 Å². The second-order valence-electron chi connectivity index (χ2n) is 6.70. The van der Waals surface area contributed by atoms with Crippen LogP contribution in [0.25, 0.3) is 0 Å². The first-order chi connectivity index (χ1) is 12.3. The number of hydrogen-bond donors (Lipinski definition) is 2. The number of urea groups is 1. The Balaban J connectivity index is 1.73. The largest absolute Gasteiger partial charge is 0.370 e. The molecule has 1 aromatic carbocycles. The Hall–Kier alpha value is -1.80. The number of likely N-dealkylation sites (N-methyl/N-ethyl adjacent to an activating group) is 1. The monoisotopic (exact) mass is 382 g/mol. The molecule has 1 aromatic rings. The molecule has 2 amide bonds. The van der Waals surface area contributed by atoms with Gasteiger partial charge in [0.1, 0.15) is 0 Å². The zero-order valence-electron chi connectivity index (χ0n) is 15.9. The van der Waals surface area contributed by atoms with Crippen molar-refractivity contribution >= 4 is 21.7 Å². The third-order valence-electron chi connectivity index (χ3n) is 4.76. The van der Waals surface area contributed by atoms with Crippen LogP contribution in [0.1, 0.15) is 25.3 Å². The molecule has 0 aromatic heterocycles.